The van der Waals surface area contributed by atoms with Crippen LogP contribution in [-0.4, -0.2) is 47.9 Å². The molecule has 1 saturated heterocycles. The molecular formula is C11H16N6O2. The van der Waals surface area contributed by atoms with Crippen molar-refractivity contribution in [2.75, 3.05) is 43.2 Å². The van der Waals surface area contributed by atoms with Gasteiger partial charge in [0.05, 0.1) is 13.2 Å². The zero-order valence-electron chi connectivity index (χ0n) is 10.5. The molecule has 0 bridgehead atoms. The van der Waals surface area contributed by atoms with E-state index in [9.17, 15) is 0 Å². The minimum atomic E-state index is 0.208. The second kappa shape index (κ2) is 6.72. The third-order valence-electron chi connectivity index (χ3n) is 2.50. The van der Waals surface area contributed by atoms with Gasteiger partial charge in [0, 0.05) is 19.5 Å². The molecule has 0 aromatic carbocycles. The summed E-state index contributed by atoms with van der Waals surface area (Å²) in [5, 5.41) is 0. The van der Waals surface area contributed by atoms with E-state index in [4.69, 9.17) is 21.7 Å². The number of anilines is 2. The van der Waals surface area contributed by atoms with Gasteiger partial charge in [0.2, 0.25) is 11.9 Å². The number of nitrogen functional groups attached to an aromatic ring is 1. The number of nitrogens with one attached hydrogen (secondary N) is 1. The number of hydrazine groups is 1. The molecule has 1 fully saturated rings. The van der Waals surface area contributed by atoms with Gasteiger partial charge in [-0.05, 0) is 0 Å². The fourth-order valence-corrected chi connectivity index (χ4v) is 1.58. The van der Waals surface area contributed by atoms with Gasteiger partial charge in [-0.3, -0.25) is 5.43 Å². The summed E-state index contributed by atoms with van der Waals surface area (Å²) in [6.07, 6.45) is 5.65. The highest BCUT2D eigenvalue weighted by atomic mass is 16.5. The molecule has 0 spiro atoms. The molecule has 8 heteroatoms. The monoisotopic (exact) mass is 264 g/mol. The molecule has 0 radical (unpaired) electrons. The lowest BCUT2D eigenvalue weighted by molar-refractivity contribution is 0.122. The molecule has 2 rings (SSSR count). The maximum atomic E-state index is 5.36. The minimum absolute atomic E-state index is 0.208. The fourth-order valence-electron chi connectivity index (χ4n) is 1.58. The van der Waals surface area contributed by atoms with E-state index in [-0.39, 0.29) is 12.0 Å². The second-order valence-electron chi connectivity index (χ2n) is 3.79. The lowest BCUT2D eigenvalue weighted by Crippen LogP contribution is -2.37. The highest BCUT2D eigenvalue weighted by Gasteiger charge is 2.16. The van der Waals surface area contributed by atoms with Crippen LogP contribution in [0.4, 0.5) is 11.9 Å². The van der Waals surface area contributed by atoms with Gasteiger partial charge in [-0.1, -0.05) is 0 Å². The zero-order valence-corrected chi connectivity index (χ0v) is 10.5. The fraction of sp³-hybridized carbons (Fsp3) is 0.545. The third-order valence-corrected chi connectivity index (χ3v) is 2.50. The standard InChI is InChI=1S/C11H16N6O2/c1-2-3-6-19-11-14-9(16-12)13-10(15-11)17-4-7-18-8-5-17/h1H,3-8,12H2,(H,13,14,15,16). The summed E-state index contributed by atoms with van der Waals surface area (Å²) in [6, 6.07) is 0.208. The van der Waals surface area contributed by atoms with Gasteiger partial charge in [0.15, 0.2) is 0 Å². The van der Waals surface area contributed by atoms with E-state index in [1.165, 1.54) is 0 Å². The minimum Gasteiger partial charge on any atom is -0.462 e. The van der Waals surface area contributed by atoms with Gasteiger partial charge in [0.25, 0.3) is 0 Å². The van der Waals surface area contributed by atoms with E-state index < -0.39 is 0 Å². The van der Waals surface area contributed by atoms with E-state index in [0.717, 1.165) is 13.1 Å². The third kappa shape index (κ3) is 3.67. The number of morpholine rings is 1. The average Bonchev–Trinajstić information content (AvgIpc) is 2.48. The van der Waals surface area contributed by atoms with Crippen LogP contribution in [0.1, 0.15) is 6.42 Å². The Morgan fingerprint density at radius 3 is 2.84 bits per heavy atom. The SMILES string of the molecule is C#CCCOc1nc(NN)nc(N2CCOCC2)n1. The Labute approximate surface area is 111 Å². The largest absolute Gasteiger partial charge is 0.462 e. The molecule has 1 aliphatic rings. The molecule has 1 aromatic rings. The summed E-state index contributed by atoms with van der Waals surface area (Å²) < 4.78 is 10.6. The molecule has 2 heterocycles. The van der Waals surface area contributed by atoms with Crippen LogP contribution in [0.5, 0.6) is 6.01 Å². The Balaban J connectivity index is 2.12. The van der Waals surface area contributed by atoms with Gasteiger partial charge >= 0.3 is 6.01 Å². The van der Waals surface area contributed by atoms with Crippen LogP contribution in [0.25, 0.3) is 0 Å². The molecule has 0 unspecified atom stereocenters. The molecule has 102 valence electrons. The average molecular weight is 264 g/mol. The summed E-state index contributed by atoms with van der Waals surface area (Å²) in [6.45, 7) is 3.08. The van der Waals surface area contributed by atoms with Gasteiger partial charge in [-0.25, -0.2) is 5.84 Å². The molecule has 1 aromatic heterocycles. The van der Waals surface area contributed by atoms with Crippen LogP contribution < -0.4 is 20.9 Å². The maximum Gasteiger partial charge on any atom is 0.323 e. The van der Waals surface area contributed by atoms with Gasteiger partial charge < -0.3 is 14.4 Å². The number of hydrogen-bond acceptors (Lipinski definition) is 8. The Kier molecular flexibility index (Phi) is 4.72. The first-order chi connectivity index (χ1) is 9.33. The van der Waals surface area contributed by atoms with Crippen LogP contribution in [0.15, 0.2) is 0 Å². The lowest BCUT2D eigenvalue weighted by atomic mass is 10.4. The molecule has 1 aliphatic heterocycles. The summed E-state index contributed by atoms with van der Waals surface area (Å²) in [5.41, 5.74) is 2.40. The van der Waals surface area contributed by atoms with Crippen LogP contribution in [0.3, 0.4) is 0 Å². The Morgan fingerprint density at radius 1 is 1.37 bits per heavy atom. The Hall–Kier alpha value is -2.11. The number of hydrogen-bond donors (Lipinski definition) is 2. The summed E-state index contributed by atoms with van der Waals surface area (Å²) in [5.74, 6) is 8.59. The van der Waals surface area contributed by atoms with Crippen molar-refractivity contribution in [1.82, 2.24) is 15.0 Å². The number of nitrogens with zero attached hydrogens (tertiary/aromatic N) is 4. The number of terminal acetylenes is 1. The Morgan fingerprint density at radius 2 is 2.16 bits per heavy atom. The van der Waals surface area contributed by atoms with E-state index in [0.29, 0.717) is 32.2 Å². The predicted molar refractivity (Wildman–Crippen MR) is 69.6 cm³/mol. The predicted octanol–water partition coefficient (Wildman–Crippen LogP) is -0.604. The molecule has 8 nitrogen and oxygen atoms in total. The van der Waals surface area contributed by atoms with Crippen LogP contribution >= 0.6 is 0 Å². The normalized spacial score (nSPS) is 14.8. The van der Waals surface area contributed by atoms with Crippen molar-refractivity contribution >= 4 is 11.9 Å². The van der Waals surface area contributed by atoms with E-state index in [1.54, 1.807) is 0 Å². The summed E-state index contributed by atoms with van der Waals surface area (Å²) in [7, 11) is 0. The highest BCUT2D eigenvalue weighted by molar-refractivity contribution is 5.38. The van der Waals surface area contributed by atoms with Crippen molar-refractivity contribution < 1.29 is 9.47 Å². The lowest BCUT2D eigenvalue weighted by Gasteiger charge is -2.26. The van der Waals surface area contributed by atoms with Gasteiger partial charge in [-0.15, -0.1) is 12.3 Å². The zero-order chi connectivity index (χ0) is 13.5. The van der Waals surface area contributed by atoms with Crippen molar-refractivity contribution in [3.05, 3.63) is 0 Å². The van der Waals surface area contributed by atoms with E-state index in [2.05, 4.69) is 26.3 Å². The molecule has 0 aliphatic carbocycles. The van der Waals surface area contributed by atoms with Gasteiger partial charge in [0.1, 0.15) is 6.61 Å². The van der Waals surface area contributed by atoms with Crippen LogP contribution in [0.2, 0.25) is 0 Å². The first-order valence-corrected chi connectivity index (χ1v) is 5.95. The molecule has 0 saturated carbocycles. The summed E-state index contributed by atoms with van der Waals surface area (Å²) in [4.78, 5) is 14.4. The smallest absolute Gasteiger partial charge is 0.323 e. The molecule has 0 atom stereocenters. The number of nitrogens with two attached hydrogens (primary N) is 1. The molecule has 19 heavy (non-hydrogen) atoms. The van der Waals surface area contributed by atoms with Crippen molar-refractivity contribution in [3.63, 3.8) is 0 Å². The van der Waals surface area contributed by atoms with Crippen molar-refractivity contribution in [2.24, 2.45) is 5.84 Å². The number of aromatic nitrogens is 3. The first-order valence-electron chi connectivity index (χ1n) is 5.95. The van der Waals surface area contributed by atoms with Crippen LogP contribution in [-0.2, 0) is 4.74 Å². The van der Waals surface area contributed by atoms with Gasteiger partial charge in [-0.2, -0.15) is 15.0 Å². The summed E-state index contributed by atoms with van der Waals surface area (Å²) >= 11 is 0. The van der Waals surface area contributed by atoms with Crippen LogP contribution in [0, 0.1) is 12.3 Å². The first kappa shape index (κ1) is 13.3. The number of rotatable bonds is 5. The highest BCUT2D eigenvalue weighted by Crippen LogP contribution is 2.15. The quantitative estimate of drug-likeness (QED) is 0.315. The molecule has 0 amide bonds. The van der Waals surface area contributed by atoms with E-state index in [1.807, 2.05) is 4.90 Å². The van der Waals surface area contributed by atoms with E-state index >= 15 is 0 Å². The van der Waals surface area contributed by atoms with Crippen molar-refractivity contribution in [1.29, 1.82) is 0 Å². The molecule has 3 N–H and O–H groups in total. The number of ether oxygens (including phenoxy) is 2. The second-order valence-corrected chi connectivity index (χ2v) is 3.79. The van der Waals surface area contributed by atoms with Crippen molar-refractivity contribution in [3.8, 4) is 18.4 Å². The Bertz CT molecular complexity index is 455. The van der Waals surface area contributed by atoms with Crippen molar-refractivity contribution in [2.45, 2.75) is 6.42 Å². The molecular weight excluding hydrogens is 248 g/mol. The topological polar surface area (TPSA) is 98.4 Å². The maximum absolute atomic E-state index is 5.36.